The van der Waals surface area contributed by atoms with Crippen LogP contribution in [0.3, 0.4) is 0 Å². The van der Waals surface area contributed by atoms with Crippen molar-refractivity contribution in [3.8, 4) is 0 Å². The smallest absolute Gasteiger partial charge is 0.676 e. The van der Waals surface area contributed by atoms with Gasteiger partial charge in [0.15, 0.2) is 0 Å². The maximum absolute atomic E-state index is 10.6. The molecule has 3 atom stereocenters. The largest absolute Gasteiger partial charge is 2.00 e. The molecule has 0 aliphatic heterocycles. The molecule has 0 aromatic carbocycles. The quantitative estimate of drug-likeness (QED) is 0.645. The van der Waals surface area contributed by atoms with E-state index in [2.05, 4.69) is 5.32 Å². The van der Waals surface area contributed by atoms with Gasteiger partial charge in [0.1, 0.15) is 6.04 Å². The third kappa shape index (κ3) is 11.8. The predicted molar refractivity (Wildman–Crippen MR) is 79.4 cm³/mol. The third-order valence-corrected chi connectivity index (χ3v) is 3.15. The Hall–Kier alpha value is -0.452. The fourth-order valence-corrected chi connectivity index (χ4v) is 2.07. The summed E-state index contributed by atoms with van der Waals surface area (Å²) in [6.07, 6.45) is 4.71. The van der Waals surface area contributed by atoms with E-state index in [0.29, 0.717) is 6.42 Å². The SMILES string of the molecule is CC(=O)NC(CC(C)C)C(=O)O.[NH-]C1CCCCC1[NH-].[Pt+2]. The molecule has 0 radical (unpaired) electrons. The molecule has 0 aromatic heterocycles. The van der Waals surface area contributed by atoms with Crippen molar-refractivity contribution in [2.24, 2.45) is 5.92 Å². The number of carboxylic acid groups (broad SMARTS) is 1. The Kier molecular flexibility index (Phi) is 13.2. The molecule has 1 saturated carbocycles. The summed E-state index contributed by atoms with van der Waals surface area (Å²) in [5, 5.41) is 11.0. The summed E-state index contributed by atoms with van der Waals surface area (Å²) in [5.41, 5.74) is 14.6. The van der Waals surface area contributed by atoms with Gasteiger partial charge in [0.05, 0.1) is 0 Å². The Morgan fingerprint density at radius 1 is 1.19 bits per heavy atom. The van der Waals surface area contributed by atoms with E-state index in [1.54, 1.807) is 0 Å². The number of carboxylic acids is 1. The van der Waals surface area contributed by atoms with Crippen LogP contribution in [0, 0.1) is 5.92 Å². The van der Waals surface area contributed by atoms with Gasteiger partial charge in [-0.2, -0.15) is 12.1 Å². The monoisotopic (exact) mass is 480 g/mol. The molecule has 126 valence electrons. The van der Waals surface area contributed by atoms with E-state index in [1.807, 2.05) is 13.8 Å². The van der Waals surface area contributed by atoms with Crippen LogP contribution in [0.4, 0.5) is 0 Å². The van der Waals surface area contributed by atoms with Crippen LogP contribution in [0.2, 0.25) is 0 Å². The van der Waals surface area contributed by atoms with Gasteiger partial charge in [-0.1, -0.05) is 39.5 Å². The van der Waals surface area contributed by atoms with Gasteiger partial charge in [-0.15, -0.1) is 0 Å². The Morgan fingerprint density at radius 2 is 1.62 bits per heavy atom. The first-order valence-corrected chi connectivity index (χ1v) is 7.16. The molecular weight excluding hydrogens is 453 g/mol. The fraction of sp³-hybridized carbons (Fsp3) is 0.857. The van der Waals surface area contributed by atoms with Crippen molar-refractivity contribution in [1.82, 2.24) is 5.32 Å². The first kappa shape index (κ1) is 22.8. The van der Waals surface area contributed by atoms with Gasteiger partial charge >= 0.3 is 27.0 Å². The van der Waals surface area contributed by atoms with Crippen molar-refractivity contribution in [2.75, 3.05) is 0 Å². The summed E-state index contributed by atoms with van der Waals surface area (Å²) >= 11 is 0. The molecule has 21 heavy (non-hydrogen) atoms. The van der Waals surface area contributed by atoms with Crippen molar-refractivity contribution in [1.29, 1.82) is 0 Å². The second-order valence-corrected chi connectivity index (χ2v) is 5.72. The first-order valence-electron chi connectivity index (χ1n) is 7.16. The van der Waals surface area contributed by atoms with Gasteiger partial charge < -0.3 is 21.9 Å². The van der Waals surface area contributed by atoms with Gasteiger partial charge in [-0.3, -0.25) is 4.79 Å². The number of carbonyl (C=O) groups excluding carboxylic acids is 1. The number of hydrogen-bond acceptors (Lipinski definition) is 2. The van der Waals surface area contributed by atoms with Crippen molar-refractivity contribution < 1.29 is 35.8 Å². The molecule has 1 aliphatic carbocycles. The average Bonchev–Trinajstić information content (AvgIpc) is 2.32. The minimum Gasteiger partial charge on any atom is -0.676 e. The third-order valence-electron chi connectivity index (χ3n) is 3.15. The van der Waals surface area contributed by atoms with Crippen LogP contribution in [0.5, 0.6) is 0 Å². The number of carbonyl (C=O) groups is 2. The predicted octanol–water partition coefficient (Wildman–Crippen LogP) is 3.02. The molecule has 1 aliphatic rings. The van der Waals surface area contributed by atoms with Crippen LogP contribution in [-0.4, -0.2) is 35.1 Å². The molecule has 1 amide bonds. The van der Waals surface area contributed by atoms with Gasteiger partial charge in [0.2, 0.25) is 5.91 Å². The molecule has 1 fully saturated rings. The normalized spacial score (nSPS) is 22.4. The molecule has 3 unspecified atom stereocenters. The molecule has 0 heterocycles. The minimum atomic E-state index is -0.973. The second-order valence-electron chi connectivity index (χ2n) is 5.72. The zero-order valence-electron chi connectivity index (χ0n) is 12.9. The van der Waals surface area contributed by atoms with E-state index < -0.39 is 12.0 Å². The molecule has 0 saturated heterocycles. The summed E-state index contributed by atoms with van der Waals surface area (Å²) in [4.78, 5) is 21.1. The van der Waals surface area contributed by atoms with Crippen molar-refractivity contribution in [3.63, 3.8) is 0 Å². The number of rotatable bonds is 4. The molecule has 0 aromatic rings. The summed E-state index contributed by atoms with van der Waals surface area (Å²) in [6, 6.07) is -0.907. The van der Waals surface area contributed by atoms with Crippen molar-refractivity contribution in [3.05, 3.63) is 11.5 Å². The van der Waals surface area contributed by atoms with E-state index in [0.717, 1.165) is 12.8 Å². The summed E-state index contributed by atoms with van der Waals surface area (Å²) < 4.78 is 0. The summed E-state index contributed by atoms with van der Waals surface area (Å²) in [5.74, 6) is -1.01. The fourth-order valence-electron chi connectivity index (χ4n) is 2.07. The number of amides is 1. The minimum absolute atomic E-state index is 0. The standard InChI is InChI=1S/C8H15NO3.C6H12N2.Pt/c1-5(2)4-7(8(11)12)9-6(3)10;7-5-3-1-2-4-6(5)8;/h5,7H,4H2,1-3H3,(H,9,10)(H,11,12);5-8H,1-4H2;/q;-2;+2. The summed E-state index contributed by atoms with van der Waals surface area (Å²) in [7, 11) is 0. The average molecular weight is 480 g/mol. The topological polar surface area (TPSA) is 114 Å². The van der Waals surface area contributed by atoms with Crippen LogP contribution in [0.1, 0.15) is 52.9 Å². The zero-order chi connectivity index (χ0) is 15.7. The maximum atomic E-state index is 10.6. The van der Waals surface area contributed by atoms with Crippen LogP contribution in [0.15, 0.2) is 0 Å². The molecule has 0 bridgehead atoms. The molecule has 7 heteroatoms. The van der Waals surface area contributed by atoms with Crippen molar-refractivity contribution >= 4 is 11.9 Å². The van der Waals surface area contributed by atoms with Crippen LogP contribution in [0.25, 0.3) is 11.5 Å². The van der Waals surface area contributed by atoms with E-state index in [-0.39, 0.29) is 45.0 Å². The Balaban J connectivity index is 0. The van der Waals surface area contributed by atoms with E-state index >= 15 is 0 Å². The molecule has 6 nitrogen and oxygen atoms in total. The van der Waals surface area contributed by atoms with Gasteiger partial charge in [-0.05, 0) is 12.3 Å². The Bertz CT molecular complexity index is 304. The van der Waals surface area contributed by atoms with Gasteiger partial charge in [0, 0.05) is 6.92 Å². The van der Waals surface area contributed by atoms with Crippen LogP contribution in [-0.2, 0) is 30.7 Å². The molecule has 4 N–H and O–H groups in total. The van der Waals surface area contributed by atoms with Gasteiger partial charge in [-0.25, -0.2) is 4.79 Å². The maximum Gasteiger partial charge on any atom is 2.00 e. The van der Waals surface area contributed by atoms with Crippen LogP contribution >= 0.6 is 0 Å². The van der Waals surface area contributed by atoms with E-state index in [4.69, 9.17) is 16.6 Å². The molecule has 1 rings (SSSR count). The Morgan fingerprint density at radius 3 is 1.86 bits per heavy atom. The van der Waals surface area contributed by atoms with Crippen LogP contribution < -0.4 is 5.32 Å². The van der Waals surface area contributed by atoms with Crippen molar-refractivity contribution in [2.45, 2.75) is 71.0 Å². The molecule has 0 spiro atoms. The molecular formula is C14H27N3O3Pt. The number of hydrogen-bond donors (Lipinski definition) is 2. The summed E-state index contributed by atoms with van der Waals surface area (Å²) in [6.45, 7) is 5.14. The van der Waals surface area contributed by atoms with E-state index in [9.17, 15) is 9.59 Å². The number of aliphatic carboxylic acids is 1. The zero-order valence-corrected chi connectivity index (χ0v) is 15.2. The van der Waals surface area contributed by atoms with E-state index in [1.165, 1.54) is 19.8 Å². The first-order chi connectivity index (χ1) is 9.23. The Labute approximate surface area is 141 Å². The van der Waals surface area contributed by atoms with Gasteiger partial charge in [0.25, 0.3) is 0 Å². The second kappa shape index (κ2) is 12.1. The number of nitrogens with one attached hydrogen (secondary N) is 3.